The predicted octanol–water partition coefficient (Wildman–Crippen LogP) is 1.48. The zero-order valence-electron chi connectivity index (χ0n) is 10.2. The summed E-state index contributed by atoms with van der Waals surface area (Å²) >= 11 is 0. The van der Waals surface area contributed by atoms with Gasteiger partial charge >= 0.3 is 0 Å². The summed E-state index contributed by atoms with van der Waals surface area (Å²) in [6.45, 7) is 2.09. The molecule has 1 aromatic heterocycles. The normalized spacial score (nSPS) is 12.6. The lowest BCUT2D eigenvalue weighted by Crippen LogP contribution is -2.31. The third-order valence-corrected chi connectivity index (χ3v) is 2.98. The van der Waals surface area contributed by atoms with E-state index in [1.807, 2.05) is 17.8 Å². The maximum atomic E-state index is 5.62. The first-order chi connectivity index (χ1) is 8.20. The van der Waals surface area contributed by atoms with E-state index < -0.39 is 0 Å². The van der Waals surface area contributed by atoms with Crippen LogP contribution in [0.15, 0.2) is 36.5 Å². The van der Waals surface area contributed by atoms with E-state index in [0.29, 0.717) is 0 Å². The Morgan fingerprint density at radius 2 is 2.00 bits per heavy atom. The maximum absolute atomic E-state index is 5.62. The summed E-state index contributed by atoms with van der Waals surface area (Å²) in [5.41, 5.74) is 6.47. The monoisotopic (exact) mass is 230 g/mol. The summed E-state index contributed by atoms with van der Waals surface area (Å²) < 4.78 is 1.85. The molecule has 1 atom stereocenters. The minimum absolute atomic E-state index is 0.0882. The van der Waals surface area contributed by atoms with Gasteiger partial charge in [0.25, 0.3) is 0 Å². The maximum Gasteiger partial charge on any atom is 0.0669 e. The Kier molecular flexibility index (Phi) is 3.56. The highest BCUT2D eigenvalue weighted by molar-refractivity contribution is 5.23. The van der Waals surface area contributed by atoms with Crippen molar-refractivity contribution in [3.63, 3.8) is 0 Å². The minimum atomic E-state index is 0.0882. The molecule has 0 aliphatic carbocycles. The van der Waals surface area contributed by atoms with Gasteiger partial charge in [-0.1, -0.05) is 29.8 Å². The molecule has 0 bridgehead atoms. The number of nitrogens with one attached hydrogen (secondary N) is 1. The molecule has 0 fully saturated rings. The molecule has 90 valence electrons. The van der Waals surface area contributed by atoms with Crippen LogP contribution in [0.2, 0.25) is 0 Å². The molecule has 2 aromatic rings. The van der Waals surface area contributed by atoms with E-state index in [9.17, 15) is 0 Å². The van der Waals surface area contributed by atoms with Gasteiger partial charge in [-0.3, -0.25) is 16.0 Å². The first-order valence-corrected chi connectivity index (χ1v) is 5.70. The highest BCUT2D eigenvalue weighted by Crippen LogP contribution is 2.17. The Bertz CT molecular complexity index is 472. The second kappa shape index (κ2) is 5.12. The van der Waals surface area contributed by atoms with Crippen molar-refractivity contribution < 1.29 is 0 Å². The average molecular weight is 230 g/mol. The molecule has 1 aromatic carbocycles. The van der Waals surface area contributed by atoms with Gasteiger partial charge in [-0.2, -0.15) is 5.10 Å². The molecule has 0 aliphatic rings. The lowest BCUT2D eigenvalue weighted by Gasteiger charge is -2.16. The number of hydrazine groups is 1. The molecule has 3 N–H and O–H groups in total. The standard InChI is InChI=1S/C13H18N4/c1-10-3-5-11(6-4-10)9-12(16-14)13-7-8-15-17(13)2/h3-8,12,16H,9,14H2,1-2H3. The smallest absolute Gasteiger partial charge is 0.0669 e. The molecule has 17 heavy (non-hydrogen) atoms. The number of hydrogen-bond donors (Lipinski definition) is 2. The van der Waals surface area contributed by atoms with Crippen molar-refractivity contribution in [3.05, 3.63) is 53.3 Å². The van der Waals surface area contributed by atoms with Crippen LogP contribution in [0.25, 0.3) is 0 Å². The molecule has 0 saturated carbocycles. The first kappa shape index (κ1) is 11.8. The van der Waals surface area contributed by atoms with Crippen LogP contribution in [0, 0.1) is 6.92 Å². The van der Waals surface area contributed by atoms with E-state index in [1.54, 1.807) is 6.20 Å². The fraction of sp³-hybridized carbons (Fsp3) is 0.308. The number of aryl methyl sites for hydroxylation is 2. The quantitative estimate of drug-likeness (QED) is 0.618. The summed E-state index contributed by atoms with van der Waals surface area (Å²) in [6, 6.07) is 10.6. The van der Waals surface area contributed by atoms with E-state index in [2.05, 4.69) is 41.7 Å². The fourth-order valence-electron chi connectivity index (χ4n) is 1.93. The van der Waals surface area contributed by atoms with Crippen LogP contribution in [-0.4, -0.2) is 9.78 Å². The van der Waals surface area contributed by atoms with Gasteiger partial charge in [0.2, 0.25) is 0 Å². The van der Waals surface area contributed by atoms with Crippen LogP contribution in [0.1, 0.15) is 22.9 Å². The number of benzene rings is 1. The predicted molar refractivity (Wildman–Crippen MR) is 68.2 cm³/mol. The van der Waals surface area contributed by atoms with Gasteiger partial charge in [0.1, 0.15) is 0 Å². The molecule has 4 heteroatoms. The van der Waals surface area contributed by atoms with Gasteiger partial charge in [-0.15, -0.1) is 0 Å². The SMILES string of the molecule is Cc1ccc(CC(NN)c2ccnn2C)cc1. The van der Waals surface area contributed by atoms with E-state index in [0.717, 1.165) is 12.1 Å². The lowest BCUT2D eigenvalue weighted by molar-refractivity contribution is 0.508. The van der Waals surface area contributed by atoms with Gasteiger partial charge in [0, 0.05) is 13.2 Å². The van der Waals surface area contributed by atoms with Crippen LogP contribution < -0.4 is 11.3 Å². The van der Waals surface area contributed by atoms with Gasteiger partial charge in [0.15, 0.2) is 0 Å². The molecule has 0 saturated heterocycles. The Balaban J connectivity index is 2.16. The van der Waals surface area contributed by atoms with E-state index in [1.165, 1.54) is 11.1 Å². The van der Waals surface area contributed by atoms with Crippen molar-refractivity contribution >= 4 is 0 Å². The topological polar surface area (TPSA) is 55.9 Å². The summed E-state index contributed by atoms with van der Waals surface area (Å²) in [5.74, 6) is 5.62. The summed E-state index contributed by atoms with van der Waals surface area (Å²) in [5, 5.41) is 4.16. The zero-order valence-corrected chi connectivity index (χ0v) is 10.2. The van der Waals surface area contributed by atoms with Crippen LogP contribution in [0.4, 0.5) is 0 Å². The van der Waals surface area contributed by atoms with Crippen molar-refractivity contribution in [2.24, 2.45) is 12.9 Å². The largest absolute Gasteiger partial charge is 0.271 e. The highest BCUT2D eigenvalue weighted by Gasteiger charge is 2.13. The van der Waals surface area contributed by atoms with Crippen LogP contribution in [0.5, 0.6) is 0 Å². The van der Waals surface area contributed by atoms with Gasteiger partial charge in [-0.05, 0) is 25.0 Å². The number of aromatic nitrogens is 2. The van der Waals surface area contributed by atoms with Crippen molar-refractivity contribution in [1.29, 1.82) is 0 Å². The van der Waals surface area contributed by atoms with Crippen molar-refractivity contribution in [2.75, 3.05) is 0 Å². The Morgan fingerprint density at radius 3 is 2.53 bits per heavy atom. The number of nitrogens with two attached hydrogens (primary N) is 1. The second-order valence-electron chi connectivity index (χ2n) is 4.29. The average Bonchev–Trinajstić information content (AvgIpc) is 2.75. The van der Waals surface area contributed by atoms with E-state index in [4.69, 9.17) is 5.84 Å². The fourth-order valence-corrected chi connectivity index (χ4v) is 1.93. The zero-order chi connectivity index (χ0) is 12.3. The van der Waals surface area contributed by atoms with Gasteiger partial charge in [-0.25, -0.2) is 0 Å². The Hall–Kier alpha value is -1.65. The minimum Gasteiger partial charge on any atom is -0.271 e. The molecule has 0 spiro atoms. The second-order valence-corrected chi connectivity index (χ2v) is 4.29. The molecule has 0 radical (unpaired) electrons. The van der Waals surface area contributed by atoms with Crippen LogP contribution >= 0.6 is 0 Å². The third-order valence-electron chi connectivity index (χ3n) is 2.98. The molecule has 1 unspecified atom stereocenters. The number of hydrogen-bond acceptors (Lipinski definition) is 3. The van der Waals surface area contributed by atoms with Crippen LogP contribution in [0.3, 0.4) is 0 Å². The number of nitrogens with zero attached hydrogens (tertiary/aromatic N) is 2. The summed E-state index contributed by atoms with van der Waals surface area (Å²) in [7, 11) is 1.93. The van der Waals surface area contributed by atoms with Crippen molar-refractivity contribution in [1.82, 2.24) is 15.2 Å². The van der Waals surface area contributed by atoms with Crippen molar-refractivity contribution in [3.8, 4) is 0 Å². The summed E-state index contributed by atoms with van der Waals surface area (Å²) in [6.07, 6.45) is 2.64. The summed E-state index contributed by atoms with van der Waals surface area (Å²) in [4.78, 5) is 0. The van der Waals surface area contributed by atoms with Gasteiger partial charge in [0.05, 0.1) is 11.7 Å². The van der Waals surface area contributed by atoms with E-state index >= 15 is 0 Å². The third kappa shape index (κ3) is 2.72. The molecule has 1 heterocycles. The van der Waals surface area contributed by atoms with Crippen molar-refractivity contribution in [2.45, 2.75) is 19.4 Å². The molecule has 0 aliphatic heterocycles. The van der Waals surface area contributed by atoms with Crippen LogP contribution in [-0.2, 0) is 13.5 Å². The molecular weight excluding hydrogens is 212 g/mol. The van der Waals surface area contributed by atoms with Gasteiger partial charge < -0.3 is 0 Å². The van der Waals surface area contributed by atoms with E-state index in [-0.39, 0.29) is 6.04 Å². The Labute approximate surface area is 101 Å². The Morgan fingerprint density at radius 1 is 1.29 bits per heavy atom. The molecule has 2 rings (SSSR count). The molecule has 4 nitrogen and oxygen atoms in total. The lowest BCUT2D eigenvalue weighted by atomic mass is 10.0. The molecule has 0 amide bonds. The number of rotatable bonds is 4. The first-order valence-electron chi connectivity index (χ1n) is 5.70. The molecular formula is C13H18N4. The highest BCUT2D eigenvalue weighted by atomic mass is 15.3.